The molecule has 1 amide bonds. The van der Waals surface area contributed by atoms with Gasteiger partial charge in [-0.15, -0.1) is 0 Å². The molecule has 1 saturated heterocycles. The highest BCUT2D eigenvalue weighted by Gasteiger charge is 2.24. The summed E-state index contributed by atoms with van der Waals surface area (Å²) in [6.07, 6.45) is 7.52. The molecule has 1 aromatic rings. The Bertz CT molecular complexity index is 620. The number of benzene rings is 1. The molecule has 3 rings (SSSR count). The molecule has 0 bridgehead atoms. The molecule has 5 nitrogen and oxygen atoms in total. The number of hydrogen-bond acceptors (Lipinski definition) is 4. The average molecular weight is 386 g/mol. The summed E-state index contributed by atoms with van der Waals surface area (Å²) in [7, 11) is 0. The number of hydrogen-bond donors (Lipinski definition) is 1. The van der Waals surface area contributed by atoms with Crippen LogP contribution in [0.25, 0.3) is 0 Å². The van der Waals surface area contributed by atoms with E-state index in [-0.39, 0.29) is 11.7 Å². The van der Waals surface area contributed by atoms with E-state index in [4.69, 9.17) is 0 Å². The second-order valence-corrected chi connectivity index (χ2v) is 8.50. The highest BCUT2D eigenvalue weighted by molar-refractivity contribution is 5.88. The van der Waals surface area contributed by atoms with Crippen molar-refractivity contribution in [2.24, 2.45) is 5.92 Å². The van der Waals surface area contributed by atoms with Gasteiger partial charge in [0.25, 0.3) is 0 Å². The fourth-order valence-electron chi connectivity index (χ4n) is 4.45. The number of rotatable bonds is 8. The smallest absolute Gasteiger partial charge is 0.234 e. The van der Waals surface area contributed by atoms with Crippen molar-refractivity contribution in [2.75, 3.05) is 39.3 Å². The molecule has 5 heteroatoms. The molecule has 0 spiro atoms. The third-order valence-electron chi connectivity index (χ3n) is 6.18. The Labute approximate surface area is 169 Å². The maximum atomic E-state index is 12.5. The Balaban J connectivity index is 1.40. The topological polar surface area (TPSA) is 52.7 Å². The standard InChI is InChI=1S/C23H35N3O2/c1-19(27)22(16-20-8-4-2-5-9-20)24-23(28)18-26-14-12-25(13-15-26)17-21-10-6-3-7-11-21/h2,4-5,8-9,21-22H,3,6-7,10-18H2,1H3,(H,24,28). The lowest BCUT2D eigenvalue weighted by Crippen LogP contribution is -2.52. The van der Waals surface area contributed by atoms with Crippen LogP contribution in [0.5, 0.6) is 0 Å². The van der Waals surface area contributed by atoms with Crippen molar-refractivity contribution in [3.63, 3.8) is 0 Å². The van der Waals surface area contributed by atoms with Crippen molar-refractivity contribution in [3.8, 4) is 0 Å². The number of nitrogens with zero attached hydrogens (tertiary/aromatic N) is 2. The zero-order valence-corrected chi connectivity index (χ0v) is 17.2. The molecule has 0 aromatic heterocycles. The molecule has 154 valence electrons. The van der Waals surface area contributed by atoms with E-state index in [1.807, 2.05) is 30.3 Å². The predicted molar refractivity (Wildman–Crippen MR) is 112 cm³/mol. The number of amides is 1. The van der Waals surface area contributed by atoms with Crippen LogP contribution in [0, 0.1) is 5.92 Å². The van der Waals surface area contributed by atoms with Crippen molar-refractivity contribution in [1.29, 1.82) is 0 Å². The molecule has 1 aromatic carbocycles. The van der Waals surface area contributed by atoms with Crippen molar-refractivity contribution < 1.29 is 9.59 Å². The van der Waals surface area contributed by atoms with Gasteiger partial charge in [-0.25, -0.2) is 0 Å². The molecule has 2 aliphatic rings. The number of nitrogens with one attached hydrogen (secondary N) is 1. The van der Waals surface area contributed by atoms with E-state index in [0.29, 0.717) is 13.0 Å². The van der Waals surface area contributed by atoms with Crippen molar-refractivity contribution in [2.45, 2.75) is 51.5 Å². The molecule has 28 heavy (non-hydrogen) atoms. The molecular weight excluding hydrogens is 350 g/mol. The van der Waals surface area contributed by atoms with Crippen LogP contribution in [-0.4, -0.2) is 66.8 Å². The van der Waals surface area contributed by atoms with E-state index >= 15 is 0 Å². The van der Waals surface area contributed by atoms with Gasteiger partial charge in [-0.1, -0.05) is 49.6 Å². The summed E-state index contributed by atoms with van der Waals surface area (Å²) in [5.74, 6) is 0.837. The van der Waals surface area contributed by atoms with Gasteiger partial charge in [0.15, 0.2) is 5.78 Å². The first-order valence-corrected chi connectivity index (χ1v) is 10.9. The quantitative estimate of drug-likeness (QED) is 0.747. The van der Waals surface area contributed by atoms with Gasteiger partial charge in [-0.05, 0) is 37.7 Å². The largest absolute Gasteiger partial charge is 0.345 e. The highest BCUT2D eigenvalue weighted by atomic mass is 16.2. The lowest BCUT2D eigenvalue weighted by Gasteiger charge is -2.37. The molecule has 1 aliphatic carbocycles. The Kier molecular flexibility index (Phi) is 8.04. The van der Waals surface area contributed by atoms with Gasteiger partial charge in [0.2, 0.25) is 5.91 Å². The van der Waals surface area contributed by atoms with E-state index in [1.54, 1.807) is 6.92 Å². The first-order valence-electron chi connectivity index (χ1n) is 10.9. The van der Waals surface area contributed by atoms with Crippen LogP contribution in [0.15, 0.2) is 30.3 Å². The summed E-state index contributed by atoms with van der Waals surface area (Å²) < 4.78 is 0. The Morgan fingerprint density at radius 2 is 1.64 bits per heavy atom. The molecular formula is C23H35N3O2. The SMILES string of the molecule is CC(=O)C(Cc1ccccc1)NC(=O)CN1CCN(CC2CCCCC2)CC1. The molecule has 1 saturated carbocycles. The van der Waals surface area contributed by atoms with Gasteiger partial charge < -0.3 is 10.2 Å². The normalized spacial score (nSPS) is 20.6. The van der Waals surface area contributed by atoms with Crippen molar-refractivity contribution in [1.82, 2.24) is 15.1 Å². The Hall–Kier alpha value is -1.72. The van der Waals surface area contributed by atoms with Gasteiger partial charge in [0.05, 0.1) is 12.6 Å². The first-order chi connectivity index (χ1) is 13.6. The third kappa shape index (κ3) is 6.71. The zero-order valence-electron chi connectivity index (χ0n) is 17.2. The van der Waals surface area contributed by atoms with E-state index in [0.717, 1.165) is 37.7 Å². The van der Waals surface area contributed by atoms with E-state index in [1.165, 1.54) is 38.6 Å². The molecule has 2 fully saturated rings. The monoisotopic (exact) mass is 385 g/mol. The van der Waals surface area contributed by atoms with E-state index in [2.05, 4.69) is 15.1 Å². The highest BCUT2D eigenvalue weighted by Crippen LogP contribution is 2.24. The lowest BCUT2D eigenvalue weighted by molar-refractivity contribution is -0.127. The number of carbonyl (C=O) groups excluding carboxylic acids is 2. The Morgan fingerprint density at radius 3 is 2.29 bits per heavy atom. The van der Waals surface area contributed by atoms with Gasteiger partial charge in [-0.2, -0.15) is 0 Å². The van der Waals surface area contributed by atoms with E-state index in [9.17, 15) is 9.59 Å². The minimum Gasteiger partial charge on any atom is -0.345 e. The molecule has 1 atom stereocenters. The fraction of sp³-hybridized carbons (Fsp3) is 0.652. The van der Waals surface area contributed by atoms with Crippen LogP contribution in [-0.2, 0) is 16.0 Å². The van der Waals surface area contributed by atoms with Crippen LogP contribution in [0.2, 0.25) is 0 Å². The van der Waals surface area contributed by atoms with Gasteiger partial charge in [0.1, 0.15) is 0 Å². The lowest BCUT2D eigenvalue weighted by atomic mass is 9.89. The molecule has 1 unspecified atom stereocenters. The second kappa shape index (κ2) is 10.7. The Morgan fingerprint density at radius 1 is 1.00 bits per heavy atom. The molecule has 0 radical (unpaired) electrons. The zero-order chi connectivity index (χ0) is 19.8. The average Bonchev–Trinajstić information content (AvgIpc) is 2.70. The second-order valence-electron chi connectivity index (χ2n) is 8.50. The summed E-state index contributed by atoms with van der Waals surface area (Å²) in [6, 6.07) is 9.42. The van der Waals surface area contributed by atoms with Crippen molar-refractivity contribution in [3.05, 3.63) is 35.9 Å². The molecule has 1 heterocycles. The summed E-state index contributed by atoms with van der Waals surface area (Å²) in [5, 5.41) is 2.95. The fourth-order valence-corrected chi connectivity index (χ4v) is 4.45. The van der Waals surface area contributed by atoms with Crippen LogP contribution < -0.4 is 5.32 Å². The number of piperazine rings is 1. The third-order valence-corrected chi connectivity index (χ3v) is 6.18. The first kappa shape index (κ1) is 21.0. The van der Waals surface area contributed by atoms with Crippen LogP contribution in [0.3, 0.4) is 0 Å². The summed E-state index contributed by atoms with van der Waals surface area (Å²) >= 11 is 0. The minimum absolute atomic E-state index is 0.00880. The molecule has 1 N–H and O–H groups in total. The number of Topliss-reactive ketones (excluding diaryl/α,β-unsaturated/α-hetero) is 1. The van der Waals surface area contributed by atoms with E-state index < -0.39 is 6.04 Å². The summed E-state index contributed by atoms with van der Waals surface area (Å²) in [5.41, 5.74) is 1.07. The molecule has 1 aliphatic heterocycles. The maximum absolute atomic E-state index is 12.5. The number of carbonyl (C=O) groups is 2. The summed E-state index contributed by atoms with van der Waals surface area (Å²) in [6.45, 7) is 7.12. The van der Waals surface area contributed by atoms with Crippen LogP contribution in [0.4, 0.5) is 0 Å². The van der Waals surface area contributed by atoms with Gasteiger partial charge >= 0.3 is 0 Å². The number of ketones is 1. The van der Waals surface area contributed by atoms with Crippen LogP contribution in [0.1, 0.15) is 44.6 Å². The van der Waals surface area contributed by atoms with Crippen LogP contribution >= 0.6 is 0 Å². The maximum Gasteiger partial charge on any atom is 0.234 e. The van der Waals surface area contributed by atoms with Crippen molar-refractivity contribution >= 4 is 11.7 Å². The van der Waals surface area contributed by atoms with Gasteiger partial charge in [0, 0.05) is 32.7 Å². The predicted octanol–water partition coefficient (Wildman–Crippen LogP) is 2.50. The minimum atomic E-state index is -0.442. The van der Waals surface area contributed by atoms with Gasteiger partial charge in [-0.3, -0.25) is 14.5 Å². The summed E-state index contributed by atoms with van der Waals surface area (Å²) in [4.78, 5) is 29.3.